The highest BCUT2D eigenvalue weighted by Gasteiger charge is 2.39. The molecule has 10 heteroatoms. The fraction of sp³-hybridized carbons (Fsp3) is 0.148. The van der Waals surface area contributed by atoms with Crippen LogP contribution in [-0.2, 0) is 0 Å². The van der Waals surface area contributed by atoms with Crippen molar-refractivity contribution in [1.82, 2.24) is 4.98 Å². The number of carbonyl (C=O) groups is 2. The molecule has 1 aliphatic rings. The molecule has 8 nitrogen and oxygen atoms in total. The molecule has 5 rings (SSSR count). The SMILES string of the molecule is COc1ccc(-c2sc(N3C(=O)c4ccccc4C3=O)nc2-c2cc(OC)c(OC)c(OC)c2)cc1F. The van der Waals surface area contributed by atoms with Crippen molar-refractivity contribution in [2.75, 3.05) is 33.3 Å². The number of anilines is 1. The number of imide groups is 1. The van der Waals surface area contributed by atoms with Gasteiger partial charge in [-0.15, -0.1) is 0 Å². The first-order chi connectivity index (χ1) is 17.9. The molecular weight excluding hydrogens is 499 g/mol. The first kappa shape index (κ1) is 24.3. The minimum atomic E-state index is -0.563. The van der Waals surface area contributed by atoms with Crippen molar-refractivity contribution >= 4 is 28.3 Å². The van der Waals surface area contributed by atoms with Crippen molar-refractivity contribution in [3.63, 3.8) is 0 Å². The second-order valence-electron chi connectivity index (χ2n) is 7.93. The number of rotatable bonds is 7. The third-order valence-corrected chi connectivity index (χ3v) is 7.04. The zero-order chi connectivity index (χ0) is 26.3. The predicted octanol–water partition coefficient (Wildman–Crippen LogP) is 5.45. The van der Waals surface area contributed by atoms with Gasteiger partial charge in [0.1, 0.15) is 0 Å². The monoisotopic (exact) mass is 520 g/mol. The molecule has 0 atom stereocenters. The third kappa shape index (κ3) is 3.95. The van der Waals surface area contributed by atoms with Crippen molar-refractivity contribution in [2.45, 2.75) is 0 Å². The number of ether oxygens (including phenoxy) is 4. The molecule has 0 N–H and O–H groups in total. The number of thiazole rings is 1. The van der Waals surface area contributed by atoms with Gasteiger partial charge in [0.15, 0.2) is 23.1 Å². The summed E-state index contributed by atoms with van der Waals surface area (Å²) >= 11 is 1.09. The fourth-order valence-electron chi connectivity index (χ4n) is 4.18. The Morgan fingerprint density at radius 1 is 0.757 bits per heavy atom. The van der Waals surface area contributed by atoms with Gasteiger partial charge >= 0.3 is 0 Å². The van der Waals surface area contributed by atoms with Crippen LogP contribution in [0.15, 0.2) is 54.6 Å². The van der Waals surface area contributed by atoms with Crippen LogP contribution in [0.3, 0.4) is 0 Å². The second-order valence-corrected chi connectivity index (χ2v) is 8.91. The third-order valence-electron chi connectivity index (χ3n) is 5.95. The van der Waals surface area contributed by atoms with Crippen molar-refractivity contribution < 1.29 is 32.9 Å². The molecule has 3 aromatic carbocycles. The molecule has 1 aromatic heterocycles. The number of amides is 2. The lowest BCUT2D eigenvalue weighted by molar-refractivity contribution is 0.0926. The van der Waals surface area contributed by atoms with Crippen LogP contribution in [0.4, 0.5) is 9.52 Å². The van der Waals surface area contributed by atoms with E-state index in [2.05, 4.69) is 0 Å². The lowest BCUT2D eigenvalue weighted by atomic mass is 10.1. The maximum absolute atomic E-state index is 14.7. The van der Waals surface area contributed by atoms with Crippen LogP contribution in [0.2, 0.25) is 0 Å². The van der Waals surface area contributed by atoms with Crippen molar-refractivity contribution in [1.29, 1.82) is 0 Å². The number of nitrogens with zero attached hydrogens (tertiary/aromatic N) is 2. The molecule has 2 amide bonds. The molecule has 0 saturated heterocycles. The molecule has 0 unspecified atom stereocenters. The highest BCUT2D eigenvalue weighted by molar-refractivity contribution is 7.20. The van der Waals surface area contributed by atoms with Gasteiger partial charge in [-0.1, -0.05) is 23.5 Å². The Balaban J connectivity index is 1.72. The maximum atomic E-state index is 14.7. The van der Waals surface area contributed by atoms with Gasteiger partial charge in [-0.2, -0.15) is 0 Å². The average Bonchev–Trinajstić information content (AvgIpc) is 3.46. The van der Waals surface area contributed by atoms with E-state index in [9.17, 15) is 14.0 Å². The summed E-state index contributed by atoms with van der Waals surface area (Å²) in [5.74, 6) is -0.259. The summed E-state index contributed by atoms with van der Waals surface area (Å²) in [5.41, 5.74) is 2.05. The highest BCUT2D eigenvalue weighted by atomic mass is 32.1. The Morgan fingerprint density at radius 3 is 1.86 bits per heavy atom. The van der Waals surface area contributed by atoms with Crippen molar-refractivity contribution in [2.24, 2.45) is 0 Å². The predicted molar refractivity (Wildman–Crippen MR) is 137 cm³/mol. The van der Waals surface area contributed by atoms with Gasteiger partial charge in [0.05, 0.1) is 50.1 Å². The molecule has 0 bridgehead atoms. The van der Waals surface area contributed by atoms with Gasteiger partial charge in [0.25, 0.3) is 11.8 Å². The van der Waals surface area contributed by atoms with Crippen LogP contribution in [0.25, 0.3) is 21.7 Å². The summed E-state index contributed by atoms with van der Waals surface area (Å²) in [5, 5.41) is 0.154. The van der Waals surface area contributed by atoms with E-state index < -0.39 is 17.6 Å². The van der Waals surface area contributed by atoms with Gasteiger partial charge in [-0.3, -0.25) is 9.59 Å². The van der Waals surface area contributed by atoms with Gasteiger partial charge < -0.3 is 18.9 Å². The number of carbonyl (C=O) groups excluding carboxylic acids is 2. The van der Waals surface area contributed by atoms with E-state index >= 15 is 0 Å². The first-order valence-corrected chi connectivity index (χ1v) is 11.9. The van der Waals surface area contributed by atoms with E-state index in [0.717, 1.165) is 16.2 Å². The van der Waals surface area contributed by atoms with E-state index in [-0.39, 0.29) is 10.9 Å². The molecule has 0 spiro atoms. The zero-order valence-electron chi connectivity index (χ0n) is 20.3. The normalized spacial score (nSPS) is 12.5. The number of halogens is 1. The number of hydrogen-bond acceptors (Lipinski definition) is 8. The summed E-state index contributed by atoms with van der Waals surface area (Å²) in [6.45, 7) is 0. The molecule has 1 aliphatic heterocycles. The van der Waals surface area contributed by atoms with E-state index in [0.29, 0.717) is 50.1 Å². The molecular formula is C27H21FN2O6S. The van der Waals surface area contributed by atoms with E-state index in [1.165, 1.54) is 40.6 Å². The Morgan fingerprint density at radius 2 is 1.35 bits per heavy atom. The number of hydrogen-bond donors (Lipinski definition) is 0. The minimum Gasteiger partial charge on any atom is -0.494 e. The van der Waals surface area contributed by atoms with E-state index in [1.54, 1.807) is 42.5 Å². The van der Waals surface area contributed by atoms with Crippen LogP contribution in [0, 0.1) is 5.82 Å². The summed E-state index contributed by atoms with van der Waals surface area (Å²) in [4.78, 5) is 32.6. The molecule has 188 valence electrons. The van der Waals surface area contributed by atoms with Crippen LogP contribution in [0.5, 0.6) is 23.0 Å². The number of methoxy groups -OCH3 is 4. The van der Waals surface area contributed by atoms with Gasteiger partial charge in [0.2, 0.25) is 10.9 Å². The Labute approximate surface area is 215 Å². The smallest absolute Gasteiger partial charge is 0.268 e. The Hall–Kier alpha value is -4.44. The summed E-state index contributed by atoms with van der Waals surface area (Å²) < 4.78 is 36.2. The minimum absolute atomic E-state index is 0.0863. The molecule has 2 heterocycles. The molecule has 0 aliphatic carbocycles. The van der Waals surface area contributed by atoms with Gasteiger partial charge in [-0.05, 0) is 48.0 Å². The Bertz CT molecular complexity index is 1490. The van der Waals surface area contributed by atoms with Crippen molar-refractivity contribution in [3.8, 4) is 44.7 Å². The fourth-order valence-corrected chi connectivity index (χ4v) is 5.27. The summed E-state index contributed by atoms with van der Waals surface area (Å²) in [7, 11) is 5.86. The largest absolute Gasteiger partial charge is 0.494 e. The molecule has 0 fully saturated rings. The van der Waals surface area contributed by atoms with Crippen LogP contribution < -0.4 is 23.8 Å². The van der Waals surface area contributed by atoms with Crippen LogP contribution >= 0.6 is 11.3 Å². The maximum Gasteiger partial charge on any atom is 0.268 e. The quantitative estimate of drug-likeness (QED) is 0.300. The Kier molecular flexibility index (Phi) is 6.26. The molecule has 37 heavy (non-hydrogen) atoms. The standard InChI is InChI=1S/C27H21FN2O6S/c1-33-19-10-9-14(11-18(19)28)24-22(15-12-20(34-2)23(36-4)21(13-15)35-3)29-27(37-24)30-25(31)16-7-5-6-8-17(16)26(30)32/h5-13H,1-4H3. The highest BCUT2D eigenvalue weighted by Crippen LogP contribution is 2.47. The van der Waals surface area contributed by atoms with Gasteiger partial charge in [0, 0.05) is 5.56 Å². The number of benzene rings is 3. The van der Waals surface area contributed by atoms with Crippen LogP contribution in [-0.4, -0.2) is 45.2 Å². The van der Waals surface area contributed by atoms with Gasteiger partial charge in [-0.25, -0.2) is 14.3 Å². The number of fused-ring (bicyclic) bond motifs is 1. The second kappa shape index (κ2) is 9.55. The summed E-state index contributed by atoms with van der Waals surface area (Å²) in [6.07, 6.45) is 0. The van der Waals surface area contributed by atoms with E-state index in [1.807, 2.05) is 0 Å². The average molecular weight is 521 g/mol. The first-order valence-electron chi connectivity index (χ1n) is 11.0. The van der Waals surface area contributed by atoms with E-state index in [4.69, 9.17) is 23.9 Å². The molecule has 4 aromatic rings. The lowest BCUT2D eigenvalue weighted by Crippen LogP contribution is -2.29. The zero-order valence-corrected chi connectivity index (χ0v) is 21.1. The lowest BCUT2D eigenvalue weighted by Gasteiger charge is -2.14. The molecule has 0 saturated carbocycles. The summed E-state index contributed by atoms with van der Waals surface area (Å²) in [6, 6.07) is 14.5. The molecule has 0 radical (unpaired) electrons. The number of aromatic nitrogens is 1. The van der Waals surface area contributed by atoms with Crippen molar-refractivity contribution in [3.05, 3.63) is 71.5 Å². The topological polar surface area (TPSA) is 87.2 Å². The van der Waals surface area contributed by atoms with Crippen LogP contribution in [0.1, 0.15) is 20.7 Å².